The molecule has 0 saturated heterocycles. The number of phosphoric acid groups is 1. The van der Waals surface area contributed by atoms with Crippen molar-refractivity contribution >= 4 is 19.8 Å². The number of esters is 2. The van der Waals surface area contributed by atoms with Crippen molar-refractivity contribution in [1.82, 2.24) is 0 Å². The number of carbonyl (C=O) groups excluding carboxylic acids is 2. The van der Waals surface area contributed by atoms with Crippen molar-refractivity contribution in [2.45, 2.75) is 238 Å². The number of likely N-dealkylation sites (N-methyl/N-ethyl adjacent to an activating group) is 1. The maximum atomic E-state index is 12.8. The van der Waals surface area contributed by atoms with Crippen LogP contribution in [-0.2, 0) is 32.7 Å². The third-order valence-electron chi connectivity index (χ3n) is 12.1. The van der Waals surface area contributed by atoms with Crippen LogP contribution in [-0.4, -0.2) is 70.0 Å². The molecule has 0 fully saturated rings. The molecule has 0 bridgehead atoms. The van der Waals surface area contributed by atoms with Crippen LogP contribution < -0.4 is 4.89 Å². The Labute approximate surface area is 443 Å². The highest BCUT2D eigenvalue weighted by atomic mass is 31.2. The fourth-order valence-corrected chi connectivity index (χ4v) is 8.36. The van der Waals surface area contributed by atoms with Crippen molar-refractivity contribution in [3.05, 3.63) is 97.2 Å². The number of hydrogen-bond acceptors (Lipinski definition) is 8. The Bertz CT molecular complexity index is 1540. The number of phosphoric ester groups is 1. The van der Waals surface area contributed by atoms with Gasteiger partial charge in [0.1, 0.15) is 19.8 Å². The van der Waals surface area contributed by atoms with Gasteiger partial charge in [0.15, 0.2) is 6.10 Å². The molecule has 9 nitrogen and oxygen atoms in total. The fourth-order valence-electron chi connectivity index (χ4n) is 7.63. The molecule has 0 saturated carbocycles. The van der Waals surface area contributed by atoms with E-state index in [0.29, 0.717) is 17.4 Å². The minimum Gasteiger partial charge on any atom is -0.756 e. The Morgan fingerprint density at radius 3 is 1.19 bits per heavy atom. The molecule has 0 radical (unpaired) electrons. The highest BCUT2D eigenvalue weighted by molar-refractivity contribution is 7.45. The Kier molecular flexibility index (Phi) is 50.5. The average Bonchev–Trinajstić information content (AvgIpc) is 3.34. The second-order valence-electron chi connectivity index (χ2n) is 20.3. The van der Waals surface area contributed by atoms with Crippen LogP contribution in [0.15, 0.2) is 97.2 Å². The molecule has 2 unspecified atom stereocenters. The van der Waals surface area contributed by atoms with Crippen molar-refractivity contribution in [1.29, 1.82) is 0 Å². The van der Waals surface area contributed by atoms with Gasteiger partial charge in [-0.1, -0.05) is 220 Å². The van der Waals surface area contributed by atoms with Gasteiger partial charge in [0.2, 0.25) is 0 Å². The van der Waals surface area contributed by atoms with E-state index < -0.39 is 32.5 Å². The second kappa shape index (κ2) is 52.8. The van der Waals surface area contributed by atoms with Crippen LogP contribution in [0.2, 0.25) is 0 Å². The SMILES string of the molecule is CC/C=C\C/C=C\C/C=C\C/C=C\C/C=C\C/C=C\C/C=C\CCCCCCCC(=O)OC(COC(=O)CCCCCCCCCCC/C=C\CCCCCCCCCC)COP(=O)([O-])OCC[N+](C)(C)C. The molecule has 414 valence electrons. The number of quaternary nitrogens is 1. The maximum Gasteiger partial charge on any atom is 0.306 e. The summed E-state index contributed by atoms with van der Waals surface area (Å²) in [7, 11) is 1.14. The zero-order valence-corrected chi connectivity index (χ0v) is 47.7. The van der Waals surface area contributed by atoms with Crippen LogP contribution in [0.1, 0.15) is 232 Å². The zero-order chi connectivity index (χ0) is 52.7. The molecule has 0 N–H and O–H groups in total. The lowest BCUT2D eigenvalue weighted by atomic mass is 10.1. The molecule has 0 aliphatic rings. The summed E-state index contributed by atoms with van der Waals surface area (Å²) >= 11 is 0. The van der Waals surface area contributed by atoms with Gasteiger partial charge in [-0.3, -0.25) is 14.2 Å². The van der Waals surface area contributed by atoms with Crippen LogP contribution in [0.4, 0.5) is 0 Å². The van der Waals surface area contributed by atoms with E-state index >= 15 is 0 Å². The lowest BCUT2D eigenvalue weighted by molar-refractivity contribution is -0.870. The van der Waals surface area contributed by atoms with Gasteiger partial charge < -0.3 is 27.9 Å². The third kappa shape index (κ3) is 56.2. The summed E-state index contributed by atoms with van der Waals surface area (Å²) in [5.74, 6) is -0.860. The molecule has 0 spiro atoms. The van der Waals surface area contributed by atoms with Crippen molar-refractivity contribution in [3.63, 3.8) is 0 Å². The average molecular weight is 1030 g/mol. The van der Waals surface area contributed by atoms with E-state index in [-0.39, 0.29) is 26.1 Å². The number of ether oxygens (including phenoxy) is 2. The number of unbranched alkanes of at least 4 members (excludes halogenated alkanes) is 22. The van der Waals surface area contributed by atoms with E-state index in [1.165, 1.54) is 103 Å². The molecular formula is C62H108NO8P. The minimum absolute atomic E-state index is 0.0400. The van der Waals surface area contributed by atoms with E-state index in [2.05, 4.69) is 111 Å². The van der Waals surface area contributed by atoms with Gasteiger partial charge in [0, 0.05) is 12.8 Å². The number of allylic oxidation sites excluding steroid dienone is 16. The highest BCUT2D eigenvalue weighted by Gasteiger charge is 2.21. The summed E-state index contributed by atoms with van der Waals surface area (Å²) in [6.45, 7) is 4.10. The van der Waals surface area contributed by atoms with Gasteiger partial charge in [-0.15, -0.1) is 0 Å². The van der Waals surface area contributed by atoms with Crippen LogP contribution >= 0.6 is 7.82 Å². The molecule has 0 amide bonds. The summed E-state index contributed by atoms with van der Waals surface area (Å²) < 4.78 is 34.1. The number of rotatable bonds is 52. The molecule has 0 rings (SSSR count). The number of hydrogen-bond donors (Lipinski definition) is 0. The normalized spacial score (nSPS) is 14.0. The van der Waals surface area contributed by atoms with Gasteiger partial charge in [-0.05, 0) is 96.3 Å². The minimum atomic E-state index is -4.65. The molecule has 0 aromatic rings. The monoisotopic (exact) mass is 1030 g/mol. The molecule has 0 aliphatic carbocycles. The van der Waals surface area contributed by atoms with E-state index in [1.807, 2.05) is 21.1 Å². The molecule has 10 heteroatoms. The van der Waals surface area contributed by atoms with Gasteiger partial charge in [-0.25, -0.2) is 0 Å². The maximum absolute atomic E-state index is 12.8. The van der Waals surface area contributed by atoms with Crippen LogP contribution in [0, 0.1) is 0 Å². The molecule has 0 aliphatic heterocycles. The largest absolute Gasteiger partial charge is 0.756 e. The molecule has 0 heterocycles. The zero-order valence-electron chi connectivity index (χ0n) is 46.8. The van der Waals surface area contributed by atoms with E-state index in [0.717, 1.165) is 96.3 Å². The number of nitrogens with zero attached hydrogens (tertiary/aromatic N) is 1. The van der Waals surface area contributed by atoms with E-state index in [9.17, 15) is 19.0 Å². The van der Waals surface area contributed by atoms with E-state index in [4.69, 9.17) is 18.5 Å². The van der Waals surface area contributed by atoms with Gasteiger partial charge in [0.25, 0.3) is 7.82 Å². The first-order chi connectivity index (χ1) is 35.0. The summed E-state index contributed by atoms with van der Waals surface area (Å²) in [5, 5.41) is 0. The van der Waals surface area contributed by atoms with Crippen molar-refractivity contribution in [3.8, 4) is 0 Å². The molecule has 72 heavy (non-hydrogen) atoms. The van der Waals surface area contributed by atoms with Crippen LogP contribution in [0.5, 0.6) is 0 Å². The molecular weight excluding hydrogens is 918 g/mol. The van der Waals surface area contributed by atoms with Crippen molar-refractivity contribution in [2.24, 2.45) is 0 Å². The smallest absolute Gasteiger partial charge is 0.306 e. The van der Waals surface area contributed by atoms with Gasteiger partial charge >= 0.3 is 11.9 Å². The highest BCUT2D eigenvalue weighted by Crippen LogP contribution is 2.38. The lowest BCUT2D eigenvalue weighted by Gasteiger charge is -2.28. The Morgan fingerprint density at radius 2 is 0.792 bits per heavy atom. The van der Waals surface area contributed by atoms with Crippen LogP contribution in [0.25, 0.3) is 0 Å². The molecule has 2 atom stereocenters. The Balaban J connectivity index is 4.26. The first-order valence-corrected chi connectivity index (χ1v) is 30.4. The summed E-state index contributed by atoms with van der Waals surface area (Å²) in [6.07, 6.45) is 71.6. The third-order valence-corrected chi connectivity index (χ3v) is 13.1. The van der Waals surface area contributed by atoms with Crippen LogP contribution in [0.3, 0.4) is 0 Å². The van der Waals surface area contributed by atoms with Gasteiger partial charge in [-0.2, -0.15) is 0 Å². The predicted molar refractivity (Wildman–Crippen MR) is 305 cm³/mol. The molecule has 0 aromatic heterocycles. The summed E-state index contributed by atoms with van der Waals surface area (Å²) in [4.78, 5) is 37.9. The van der Waals surface area contributed by atoms with Crippen molar-refractivity contribution in [2.75, 3.05) is 47.5 Å². The first kappa shape index (κ1) is 68.9. The summed E-state index contributed by atoms with van der Waals surface area (Å²) in [6, 6.07) is 0. The van der Waals surface area contributed by atoms with E-state index in [1.54, 1.807) is 0 Å². The Hall–Kier alpha value is -3.07. The quantitative estimate of drug-likeness (QED) is 0.0195. The first-order valence-electron chi connectivity index (χ1n) is 28.9. The predicted octanol–water partition coefficient (Wildman–Crippen LogP) is 17.4. The topological polar surface area (TPSA) is 111 Å². The fraction of sp³-hybridized carbons (Fsp3) is 0.710. The van der Waals surface area contributed by atoms with Crippen molar-refractivity contribution < 1.29 is 42.1 Å². The number of carbonyl (C=O) groups is 2. The standard InChI is InChI=1S/C62H108NO8P/c1-6-8-10-12-14-16-18-20-22-24-26-28-29-30-31-32-33-35-37-39-41-43-45-47-49-51-53-55-62(65)71-60(59-70-72(66,67)69-57-56-63(3,4)5)58-68-61(64)54-52-50-48-46-44-42-40-38-36-34-27-25-23-21-19-17-15-13-11-9-7-2/h8,10,14,16,20,22,25-28,30-31,33,35,39,41,60H,6-7,9,11-13,15,17-19,21,23-24,29,32,34,36-38,40,42-59H2,1-5H3/b10-8-,16-14-,22-20-,27-25-,28-26-,31-30-,35-33-,41-39-. The summed E-state index contributed by atoms with van der Waals surface area (Å²) in [5.41, 5.74) is 0. The molecule has 0 aromatic carbocycles. The van der Waals surface area contributed by atoms with Gasteiger partial charge in [0.05, 0.1) is 27.7 Å². The second-order valence-corrected chi connectivity index (χ2v) is 21.7. The Morgan fingerprint density at radius 1 is 0.444 bits per heavy atom. The lowest BCUT2D eigenvalue weighted by Crippen LogP contribution is -2.37.